The van der Waals surface area contributed by atoms with E-state index in [0.717, 1.165) is 11.3 Å². The highest BCUT2D eigenvalue weighted by atomic mass is 16.7. The highest BCUT2D eigenvalue weighted by Crippen LogP contribution is 2.47. The van der Waals surface area contributed by atoms with Gasteiger partial charge < -0.3 is 4.74 Å². The van der Waals surface area contributed by atoms with Crippen molar-refractivity contribution in [2.24, 2.45) is 5.92 Å². The molecule has 0 spiro atoms. The molecule has 0 unspecified atom stereocenters. The zero-order valence-electron chi connectivity index (χ0n) is 19.6. The van der Waals surface area contributed by atoms with Crippen molar-refractivity contribution in [3.8, 4) is 5.75 Å². The average molecular weight is 491 g/mol. The fourth-order valence-corrected chi connectivity index (χ4v) is 4.86. The number of carbonyl (C=O) groups is 3. The van der Waals surface area contributed by atoms with Gasteiger partial charge in [0.25, 0.3) is 5.91 Å². The SMILES string of the molecule is O=C(Oc1ccc([C@@H]2[C@H]3C(=O)N(c4ccccc4)C(=O)[C@H]3ON2c2ccccc2)cc1)c1ccccc1. The minimum atomic E-state index is -0.950. The van der Waals surface area contributed by atoms with Crippen molar-refractivity contribution in [1.29, 1.82) is 0 Å². The van der Waals surface area contributed by atoms with Gasteiger partial charge in [0.05, 0.1) is 23.0 Å². The first-order chi connectivity index (χ1) is 18.1. The van der Waals surface area contributed by atoms with E-state index in [1.807, 2.05) is 42.5 Å². The van der Waals surface area contributed by atoms with Gasteiger partial charge in [0.2, 0.25) is 5.91 Å². The molecule has 6 rings (SSSR count). The van der Waals surface area contributed by atoms with E-state index in [-0.39, 0.29) is 5.91 Å². The van der Waals surface area contributed by atoms with E-state index >= 15 is 0 Å². The molecule has 3 atom stereocenters. The lowest BCUT2D eigenvalue weighted by atomic mass is 9.90. The van der Waals surface area contributed by atoms with Crippen LogP contribution in [0, 0.1) is 5.92 Å². The van der Waals surface area contributed by atoms with Gasteiger partial charge in [0, 0.05) is 0 Å². The summed E-state index contributed by atoms with van der Waals surface area (Å²) < 4.78 is 5.52. The summed E-state index contributed by atoms with van der Waals surface area (Å²) in [7, 11) is 0. The molecule has 2 amide bonds. The summed E-state index contributed by atoms with van der Waals surface area (Å²) in [4.78, 5) is 46.8. The third-order valence-corrected chi connectivity index (χ3v) is 6.58. The van der Waals surface area contributed by atoms with Crippen LogP contribution in [-0.2, 0) is 14.4 Å². The molecule has 2 aliphatic rings. The lowest BCUT2D eigenvalue weighted by Crippen LogP contribution is -2.37. The summed E-state index contributed by atoms with van der Waals surface area (Å²) >= 11 is 0. The number of benzene rings is 4. The standard InChI is InChI=1S/C30H22N2O5/c33-28-25-26(20-16-18-24(19-17-20)36-30(35)21-10-4-1-5-11-21)32(23-14-8-3-9-15-23)37-27(25)29(34)31(28)22-12-6-2-7-13-22/h1-19,25-27H/t25-,26-,27+/m1/s1. The number of ether oxygens (including phenoxy) is 1. The van der Waals surface area contributed by atoms with E-state index in [1.54, 1.807) is 77.9 Å². The molecule has 0 aliphatic carbocycles. The Hall–Kier alpha value is -4.75. The number of anilines is 2. The van der Waals surface area contributed by atoms with Gasteiger partial charge in [-0.25, -0.2) is 14.8 Å². The molecule has 2 saturated heterocycles. The third kappa shape index (κ3) is 4.05. The van der Waals surface area contributed by atoms with E-state index in [1.165, 1.54) is 4.90 Å². The van der Waals surface area contributed by atoms with Gasteiger partial charge >= 0.3 is 5.97 Å². The van der Waals surface area contributed by atoms with Crippen molar-refractivity contribution in [2.45, 2.75) is 12.1 Å². The minimum absolute atomic E-state index is 0.316. The Morgan fingerprint density at radius 3 is 1.86 bits per heavy atom. The third-order valence-electron chi connectivity index (χ3n) is 6.58. The van der Waals surface area contributed by atoms with E-state index < -0.39 is 29.9 Å². The summed E-state index contributed by atoms with van der Waals surface area (Å²) in [5.41, 5.74) is 2.45. The second kappa shape index (κ2) is 9.37. The molecule has 7 heteroatoms. The molecule has 2 heterocycles. The van der Waals surface area contributed by atoms with Crippen LogP contribution in [0.4, 0.5) is 11.4 Å². The van der Waals surface area contributed by atoms with Gasteiger partial charge in [-0.2, -0.15) is 0 Å². The van der Waals surface area contributed by atoms with Crippen LogP contribution in [0.3, 0.4) is 0 Å². The lowest BCUT2D eigenvalue weighted by molar-refractivity contribution is -0.126. The largest absolute Gasteiger partial charge is 0.423 e. The molecule has 182 valence electrons. The highest BCUT2D eigenvalue weighted by molar-refractivity contribution is 6.23. The molecule has 4 aromatic carbocycles. The Bertz CT molecular complexity index is 1440. The highest BCUT2D eigenvalue weighted by Gasteiger charge is 2.60. The Kier molecular flexibility index (Phi) is 5.75. The van der Waals surface area contributed by atoms with E-state index in [2.05, 4.69) is 0 Å². The summed E-state index contributed by atoms with van der Waals surface area (Å²) in [6.45, 7) is 0. The van der Waals surface area contributed by atoms with Gasteiger partial charge in [0.15, 0.2) is 6.10 Å². The molecule has 37 heavy (non-hydrogen) atoms. The number of amides is 2. The number of imide groups is 1. The summed E-state index contributed by atoms with van der Waals surface area (Å²) in [5, 5.41) is 1.64. The second-order valence-electron chi connectivity index (χ2n) is 8.83. The van der Waals surface area contributed by atoms with Crippen LogP contribution < -0.4 is 14.7 Å². The molecular formula is C30H22N2O5. The van der Waals surface area contributed by atoms with E-state index in [9.17, 15) is 14.4 Å². The quantitative estimate of drug-likeness (QED) is 0.224. The topological polar surface area (TPSA) is 76.2 Å². The summed E-state index contributed by atoms with van der Waals surface area (Å²) in [6, 6.07) is 33.4. The zero-order chi connectivity index (χ0) is 25.4. The van der Waals surface area contributed by atoms with Crippen LogP contribution in [0.5, 0.6) is 5.75 Å². The molecule has 0 N–H and O–H groups in total. The molecule has 0 saturated carbocycles. The first-order valence-corrected chi connectivity index (χ1v) is 11.9. The predicted octanol–water partition coefficient (Wildman–Crippen LogP) is 4.96. The van der Waals surface area contributed by atoms with Crippen molar-refractivity contribution < 1.29 is 24.0 Å². The van der Waals surface area contributed by atoms with Gasteiger partial charge in [0.1, 0.15) is 11.7 Å². The number of para-hydroxylation sites is 2. The van der Waals surface area contributed by atoms with E-state index in [0.29, 0.717) is 17.0 Å². The monoisotopic (exact) mass is 490 g/mol. The Labute approximate surface area is 213 Å². The Morgan fingerprint density at radius 1 is 0.676 bits per heavy atom. The lowest BCUT2D eigenvalue weighted by Gasteiger charge is -2.28. The smallest absolute Gasteiger partial charge is 0.343 e. The molecular weight excluding hydrogens is 468 g/mol. The van der Waals surface area contributed by atoms with Crippen LogP contribution in [0.1, 0.15) is 22.0 Å². The Balaban J connectivity index is 1.33. The number of esters is 1. The molecule has 0 bridgehead atoms. The predicted molar refractivity (Wildman–Crippen MR) is 137 cm³/mol. The van der Waals surface area contributed by atoms with Crippen LogP contribution in [0.2, 0.25) is 0 Å². The van der Waals surface area contributed by atoms with Crippen molar-refractivity contribution in [3.05, 3.63) is 126 Å². The van der Waals surface area contributed by atoms with Crippen molar-refractivity contribution in [1.82, 2.24) is 0 Å². The van der Waals surface area contributed by atoms with Gasteiger partial charge in [-0.05, 0) is 54.1 Å². The first kappa shape index (κ1) is 22.7. The summed E-state index contributed by atoms with van der Waals surface area (Å²) in [5.74, 6) is -1.54. The first-order valence-electron chi connectivity index (χ1n) is 11.9. The molecule has 4 aromatic rings. The van der Waals surface area contributed by atoms with Crippen molar-refractivity contribution in [3.63, 3.8) is 0 Å². The molecule has 7 nitrogen and oxygen atoms in total. The summed E-state index contributed by atoms with van der Waals surface area (Å²) in [6.07, 6.45) is -0.950. The fraction of sp³-hybridized carbons (Fsp3) is 0.100. The van der Waals surface area contributed by atoms with Crippen LogP contribution in [0.15, 0.2) is 115 Å². The maximum Gasteiger partial charge on any atom is 0.343 e. The minimum Gasteiger partial charge on any atom is -0.423 e. The molecule has 2 fully saturated rings. The maximum atomic E-state index is 13.7. The fourth-order valence-electron chi connectivity index (χ4n) is 4.86. The number of nitrogens with zero attached hydrogens (tertiary/aromatic N) is 2. The average Bonchev–Trinajstić information content (AvgIpc) is 3.46. The van der Waals surface area contributed by atoms with Crippen LogP contribution >= 0.6 is 0 Å². The molecule has 0 radical (unpaired) electrons. The van der Waals surface area contributed by atoms with Gasteiger partial charge in [-0.15, -0.1) is 0 Å². The normalized spacial score (nSPS) is 20.7. The number of hydrogen-bond acceptors (Lipinski definition) is 6. The van der Waals surface area contributed by atoms with Crippen molar-refractivity contribution >= 4 is 29.2 Å². The molecule has 0 aromatic heterocycles. The zero-order valence-corrected chi connectivity index (χ0v) is 19.6. The molecule has 2 aliphatic heterocycles. The number of rotatable bonds is 5. The Morgan fingerprint density at radius 2 is 1.24 bits per heavy atom. The van der Waals surface area contributed by atoms with Crippen molar-refractivity contribution in [2.75, 3.05) is 9.96 Å². The van der Waals surface area contributed by atoms with Crippen LogP contribution in [-0.4, -0.2) is 23.9 Å². The van der Waals surface area contributed by atoms with Gasteiger partial charge in [-0.3, -0.25) is 14.4 Å². The number of carbonyl (C=O) groups excluding carboxylic acids is 3. The number of hydrogen-bond donors (Lipinski definition) is 0. The number of hydroxylamine groups is 1. The second-order valence-corrected chi connectivity index (χ2v) is 8.83. The maximum absolute atomic E-state index is 13.7. The van der Waals surface area contributed by atoms with Gasteiger partial charge in [-0.1, -0.05) is 66.7 Å². The van der Waals surface area contributed by atoms with E-state index in [4.69, 9.17) is 9.57 Å². The number of fused-ring (bicyclic) bond motifs is 1. The van der Waals surface area contributed by atoms with Crippen LogP contribution in [0.25, 0.3) is 0 Å².